The largest absolute Gasteiger partial charge is 0.273 e. The number of rotatable bonds is 9. The van der Waals surface area contributed by atoms with Crippen LogP contribution in [0.5, 0.6) is 0 Å². The summed E-state index contributed by atoms with van der Waals surface area (Å²) in [7, 11) is 0. The van der Waals surface area contributed by atoms with Crippen molar-refractivity contribution in [3.05, 3.63) is 34.9 Å². The van der Waals surface area contributed by atoms with Crippen LogP contribution in [0.25, 0.3) is 0 Å². The number of unbranched alkanes of at least 4 members (excludes halogenated alkanes) is 5. The summed E-state index contributed by atoms with van der Waals surface area (Å²) in [5.41, 5.74) is 7.04. The molecule has 0 unspecified atom stereocenters. The lowest BCUT2D eigenvalue weighted by Gasteiger charge is -2.07. The van der Waals surface area contributed by atoms with E-state index in [1.54, 1.807) is 0 Å². The van der Waals surface area contributed by atoms with Crippen LogP contribution >= 0.6 is 0 Å². The van der Waals surface area contributed by atoms with Crippen molar-refractivity contribution in [3.8, 4) is 0 Å². The number of nitrogens with zero attached hydrogens (tertiary/aromatic N) is 1. The zero-order chi connectivity index (χ0) is 16.4. The Hall–Kier alpha value is -1.64. The predicted molar refractivity (Wildman–Crippen MR) is 94.3 cm³/mol. The molecule has 0 bridgehead atoms. The van der Waals surface area contributed by atoms with Gasteiger partial charge < -0.3 is 0 Å². The molecule has 0 aliphatic rings. The number of benzene rings is 1. The highest BCUT2D eigenvalue weighted by Crippen LogP contribution is 2.11. The van der Waals surface area contributed by atoms with Gasteiger partial charge in [0.1, 0.15) is 0 Å². The summed E-state index contributed by atoms with van der Waals surface area (Å²) >= 11 is 0. The number of aryl methyl sites for hydroxylation is 2. The van der Waals surface area contributed by atoms with E-state index < -0.39 is 0 Å². The zero-order valence-electron chi connectivity index (χ0n) is 14.5. The van der Waals surface area contributed by atoms with Gasteiger partial charge >= 0.3 is 0 Å². The predicted octanol–water partition coefficient (Wildman–Crippen LogP) is 4.89. The van der Waals surface area contributed by atoms with Gasteiger partial charge in [-0.05, 0) is 32.8 Å². The molecule has 122 valence electrons. The molecule has 1 amide bonds. The van der Waals surface area contributed by atoms with Gasteiger partial charge in [-0.3, -0.25) is 4.79 Å². The highest BCUT2D eigenvalue weighted by molar-refractivity contribution is 6.00. The molecule has 0 atom stereocenters. The van der Waals surface area contributed by atoms with Crippen LogP contribution < -0.4 is 5.43 Å². The molecule has 0 saturated heterocycles. The minimum Gasteiger partial charge on any atom is -0.273 e. The monoisotopic (exact) mass is 302 g/mol. The van der Waals surface area contributed by atoms with E-state index in [-0.39, 0.29) is 5.91 Å². The molecule has 3 heteroatoms. The molecule has 3 nitrogen and oxygen atoms in total. The maximum Gasteiger partial charge on any atom is 0.240 e. The Kier molecular flexibility index (Phi) is 8.49. The molecule has 0 aliphatic carbocycles. The number of hydrazone groups is 1. The Balaban J connectivity index is 2.35. The average molecular weight is 302 g/mol. The molecule has 0 aliphatic heterocycles. The van der Waals surface area contributed by atoms with E-state index in [4.69, 9.17) is 0 Å². The van der Waals surface area contributed by atoms with Gasteiger partial charge in [-0.1, -0.05) is 62.8 Å². The second-order valence-electron chi connectivity index (χ2n) is 6.07. The Labute approximate surface area is 135 Å². The number of carbonyl (C=O) groups excluding carboxylic acids is 1. The summed E-state index contributed by atoms with van der Waals surface area (Å²) in [6.07, 6.45) is 7.71. The van der Waals surface area contributed by atoms with Crippen LogP contribution in [0.4, 0.5) is 0 Å². The molecular weight excluding hydrogens is 272 g/mol. The van der Waals surface area contributed by atoms with Crippen molar-refractivity contribution < 1.29 is 4.79 Å². The third-order valence-electron chi connectivity index (χ3n) is 3.88. The molecule has 0 fully saturated rings. The van der Waals surface area contributed by atoms with E-state index in [1.165, 1.54) is 36.8 Å². The maximum absolute atomic E-state index is 11.8. The first-order valence-electron chi connectivity index (χ1n) is 8.45. The topological polar surface area (TPSA) is 41.5 Å². The van der Waals surface area contributed by atoms with Gasteiger partial charge in [0.25, 0.3) is 0 Å². The lowest BCUT2D eigenvalue weighted by Crippen LogP contribution is -2.19. The molecule has 0 radical (unpaired) electrons. The van der Waals surface area contributed by atoms with E-state index in [2.05, 4.69) is 49.5 Å². The van der Waals surface area contributed by atoms with E-state index in [1.807, 2.05) is 6.92 Å². The Morgan fingerprint density at radius 1 is 1.09 bits per heavy atom. The molecule has 0 aromatic heterocycles. The molecule has 0 spiro atoms. The van der Waals surface area contributed by atoms with E-state index in [9.17, 15) is 4.79 Å². The van der Waals surface area contributed by atoms with Gasteiger partial charge in [0.05, 0.1) is 5.71 Å². The van der Waals surface area contributed by atoms with Gasteiger partial charge in [-0.2, -0.15) is 5.10 Å². The van der Waals surface area contributed by atoms with Crippen LogP contribution in [0.15, 0.2) is 23.3 Å². The first-order valence-corrected chi connectivity index (χ1v) is 8.45. The van der Waals surface area contributed by atoms with Gasteiger partial charge in [0.2, 0.25) is 5.91 Å². The highest BCUT2D eigenvalue weighted by atomic mass is 16.2. The van der Waals surface area contributed by atoms with E-state index in [0.717, 1.165) is 24.1 Å². The molecule has 1 N–H and O–H groups in total. The van der Waals surface area contributed by atoms with Crippen LogP contribution in [0, 0.1) is 13.8 Å². The third kappa shape index (κ3) is 6.88. The number of hydrogen-bond acceptors (Lipinski definition) is 2. The van der Waals surface area contributed by atoms with Gasteiger partial charge in [0, 0.05) is 12.0 Å². The van der Waals surface area contributed by atoms with Gasteiger partial charge in [0.15, 0.2) is 0 Å². The summed E-state index contributed by atoms with van der Waals surface area (Å²) in [6.45, 7) is 8.29. The Morgan fingerprint density at radius 2 is 1.77 bits per heavy atom. The van der Waals surface area contributed by atoms with Crippen LogP contribution in [-0.4, -0.2) is 11.6 Å². The molecule has 1 aromatic carbocycles. The zero-order valence-corrected chi connectivity index (χ0v) is 14.5. The molecule has 0 heterocycles. The maximum atomic E-state index is 11.8. The van der Waals surface area contributed by atoms with Crippen molar-refractivity contribution in [2.45, 2.75) is 72.6 Å². The van der Waals surface area contributed by atoms with Crippen molar-refractivity contribution in [2.24, 2.45) is 5.10 Å². The van der Waals surface area contributed by atoms with E-state index >= 15 is 0 Å². The number of hydrogen-bond donors (Lipinski definition) is 1. The third-order valence-corrected chi connectivity index (χ3v) is 3.88. The summed E-state index contributed by atoms with van der Waals surface area (Å²) < 4.78 is 0. The Morgan fingerprint density at radius 3 is 2.45 bits per heavy atom. The van der Waals surface area contributed by atoms with Crippen molar-refractivity contribution in [1.29, 1.82) is 0 Å². The van der Waals surface area contributed by atoms with Crippen molar-refractivity contribution >= 4 is 11.6 Å². The van der Waals surface area contributed by atoms with E-state index in [0.29, 0.717) is 6.42 Å². The Bertz CT molecular complexity index is 506. The molecule has 0 saturated carbocycles. The van der Waals surface area contributed by atoms with Gasteiger partial charge in [-0.25, -0.2) is 5.43 Å². The fourth-order valence-corrected chi connectivity index (χ4v) is 2.55. The standard InChI is InChI=1S/C19H30N2O/c1-5-6-7-8-9-10-11-19(22)21-20-17(4)18-13-12-15(2)14-16(18)3/h12-14H,5-11H2,1-4H3,(H,21,22)/b20-17-. The molecular formula is C19H30N2O. The summed E-state index contributed by atoms with van der Waals surface area (Å²) in [6, 6.07) is 6.26. The summed E-state index contributed by atoms with van der Waals surface area (Å²) in [4.78, 5) is 11.8. The summed E-state index contributed by atoms with van der Waals surface area (Å²) in [5.74, 6) is 0.0135. The first kappa shape index (κ1) is 18.4. The SMILES string of the molecule is CCCCCCCCC(=O)N/N=C(/C)c1ccc(C)cc1C. The molecule has 22 heavy (non-hydrogen) atoms. The van der Waals surface area contributed by atoms with Crippen molar-refractivity contribution in [3.63, 3.8) is 0 Å². The number of nitrogens with one attached hydrogen (secondary N) is 1. The van der Waals surface area contributed by atoms with Crippen LogP contribution in [0.3, 0.4) is 0 Å². The smallest absolute Gasteiger partial charge is 0.240 e. The van der Waals surface area contributed by atoms with Gasteiger partial charge in [-0.15, -0.1) is 0 Å². The van der Waals surface area contributed by atoms with Crippen molar-refractivity contribution in [2.75, 3.05) is 0 Å². The quantitative estimate of drug-likeness (QED) is 0.394. The molecule has 1 aromatic rings. The average Bonchev–Trinajstić information content (AvgIpc) is 2.48. The second kappa shape index (κ2) is 10.1. The fourth-order valence-electron chi connectivity index (χ4n) is 2.55. The molecule has 1 rings (SSSR count). The minimum atomic E-state index is 0.0135. The minimum absolute atomic E-state index is 0.0135. The summed E-state index contributed by atoms with van der Waals surface area (Å²) in [5, 5.41) is 4.23. The number of amides is 1. The highest BCUT2D eigenvalue weighted by Gasteiger charge is 2.04. The van der Waals surface area contributed by atoms with Crippen molar-refractivity contribution in [1.82, 2.24) is 5.43 Å². The first-order chi connectivity index (χ1) is 10.5. The lowest BCUT2D eigenvalue weighted by molar-refractivity contribution is -0.121. The van der Waals surface area contributed by atoms with Crippen LogP contribution in [-0.2, 0) is 4.79 Å². The van der Waals surface area contributed by atoms with Crippen LogP contribution in [0.2, 0.25) is 0 Å². The number of carbonyl (C=O) groups is 1. The normalized spacial score (nSPS) is 11.5. The fraction of sp³-hybridized carbons (Fsp3) is 0.579. The van der Waals surface area contributed by atoms with Crippen LogP contribution in [0.1, 0.15) is 75.5 Å². The second-order valence-corrected chi connectivity index (χ2v) is 6.07. The lowest BCUT2D eigenvalue weighted by atomic mass is 10.0.